The fourth-order valence-corrected chi connectivity index (χ4v) is 2.14. The second-order valence-corrected chi connectivity index (χ2v) is 4.70. The number of aromatic nitrogens is 2. The molecular weight excluding hydrogens is 254 g/mol. The van der Waals surface area contributed by atoms with Gasteiger partial charge in [-0.15, -0.1) is 5.10 Å². The number of ether oxygens (including phenoxy) is 2. The zero-order chi connectivity index (χ0) is 13.8. The minimum Gasteiger partial charge on any atom is -0.486 e. The Hall–Kier alpha value is -2.30. The van der Waals surface area contributed by atoms with E-state index in [0.29, 0.717) is 6.61 Å². The predicted octanol–water partition coefficient (Wildman–Crippen LogP) is 2.29. The maximum absolute atomic E-state index is 5.91. The zero-order valence-corrected chi connectivity index (χ0v) is 11.4. The summed E-state index contributed by atoms with van der Waals surface area (Å²) in [6.45, 7) is 0.582. The van der Waals surface area contributed by atoms with Crippen LogP contribution in [-0.4, -0.2) is 30.0 Å². The van der Waals surface area contributed by atoms with Crippen LogP contribution in [-0.2, 0) is 6.42 Å². The van der Waals surface area contributed by atoms with E-state index in [1.165, 1.54) is 0 Å². The molecule has 1 aromatic heterocycles. The van der Waals surface area contributed by atoms with E-state index in [9.17, 15) is 0 Å². The van der Waals surface area contributed by atoms with Gasteiger partial charge in [0, 0.05) is 7.05 Å². The van der Waals surface area contributed by atoms with E-state index >= 15 is 0 Å². The summed E-state index contributed by atoms with van der Waals surface area (Å²) in [7, 11) is 1.83. The van der Waals surface area contributed by atoms with Crippen molar-refractivity contribution in [2.24, 2.45) is 0 Å². The van der Waals surface area contributed by atoms with Crippen LogP contribution in [0.15, 0.2) is 36.4 Å². The van der Waals surface area contributed by atoms with Crippen LogP contribution in [0.4, 0.5) is 5.82 Å². The van der Waals surface area contributed by atoms with Gasteiger partial charge in [-0.25, -0.2) is 0 Å². The number of nitrogens with one attached hydrogen (secondary N) is 1. The number of rotatable bonds is 4. The van der Waals surface area contributed by atoms with E-state index in [1.54, 1.807) is 0 Å². The molecule has 2 aromatic rings. The molecule has 0 amide bonds. The van der Waals surface area contributed by atoms with Crippen LogP contribution < -0.4 is 14.8 Å². The molecule has 5 heteroatoms. The third kappa shape index (κ3) is 2.82. The third-order valence-electron chi connectivity index (χ3n) is 3.27. The molecular formula is C15H17N3O2. The highest BCUT2D eigenvalue weighted by atomic mass is 16.6. The summed E-state index contributed by atoms with van der Waals surface area (Å²) < 4.78 is 11.6. The lowest BCUT2D eigenvalue weighted by atomic mass is 10.1. The number of nitrogens with zero attached hydrogens (tertiary/aromatic N) is 2. The fraction of sp³-hybridized carbons (Fsp3) is 0.333. The molecule has 0 radical (unpaired) electrons. The standard InChI is InChI=1S/C15H17N3O2/c1-16-15-9-7-11(17-18-15)6-8-12-10-19-13-4-2-3-5-14(13)20-12/h2-5,7,9,12H,6,8,10H2,1H3,(H,16,18)/t12-/m0/s1. The lowest BCUT2D eigenvalue weighted by Crippen LogP contribution is -2.29. The van der Waals surface area contributed by atoms with Crippen molar-refractivity contribution in [3.8, 4) is 11.5 Å². The van der Waals surface area contributed by atoms with Crippen molar-refractivity contribution in [2.75, 3.05) is 19.0 Å². The Balaban J connectivity index is 1.57. The van der Waals surface area contributed by atoms with Crippen molar-refractivity contribution >= 4 is 5.82 Å². The largest absolute Gasteiger partial charge is 0.486 e. The van der Waals surface area contributed by atoms with Gasteiger partial charge in [0.1, 0.15) is 18.5 Å². The Morgan fingerprint density at radius 2 is 2.00 bits per heavy atom. The van der Waals surface area contributed by atoms with Gasteiger partial charge in [0.25, 0.3) is 0 Å². The molecule has 0 bridgehead atoms. The van der Waals surface area contributed by atoms with Crippen molar-refractivity contribution in [3.05, 3.63) is 42.1 Å². The number of aryl methyl sites for hydroxylation is 1. The monoisotopic (exact) mass is 271 g/mol. The lowest BCUT2D eigenvalue weighted by Gasteiger charge is -2.26. The van der Waals surface area contributed by atoms with Crippen molar-refractivity contribution < 1.29 is 9.47 Å². The van der Waals surface area contributed by atoms with Crippen LogP contribution in [0.5, 0.6) is 11.5 Å². The number of anilines is 1. The Bertz CT molecular complexity index is 572. The summed E-state index contributed by atoms with van der Waals surface area (Å²) in [5.41, 5.74) is 0.964. The molecule has 1 aliphatic heterocycles. The van der Waals surface area contributed by atoms with Crippen molar-refractivity contribution in [1.82, 2.24) is 10.2 Å². The molecule has 1 N–H and O–H groups in total. The molecule has 0 saturated carbocycles. The minimum atomic E-state index is 0.0654. The van der Waals surface area contributed by atoms with E-state index in [2.05, 4.69) is 15.5 Å². The number of hydrogen-bond donors (Lipinski definition) is 1. The number of hydrogen-bond acceptors (Lipinski definition) is 5. The second-order valence-electron chi connectivity index (χ2n) is 4.70. The van der Waals surface area contributed by atoms with Crippen LogP contribution in [0, 0.1) is 0 Å². The molecule has 5 nitrogen and oxygen atoms in total. The first kappa shape index (κ1) is 12.7. The number of benzene rings is 1. The van der Waals surface area contributed by atoms with E-state index in [0.717, 1.165) is 35.9 Å². The van der Waals surface area contributed by atoms with E-state index in [-0.39, 0.29) is 6.10 Å². The molecule has 0 saturated heterocycles. The van der Waals surface area contributed by atoms with Gasteiger partial charge in [-0.05, 0) is 37.1 Å². The van der Waals surface area contributed by atoms with E-state index < -0.39 is 0 Å². The highest BCUT2D eigenvalue weighted by molar-refractivity contribution is 5.40. The van der Waals surface area contributed by atoms with Gasteiger partial charge < -0.3 is 14.8 Å². The second kappa shape index (κ2) is 5.77. The summed E-state index contributed by atoms with van der Waals surface area (Å²) in [6, 6.07) is 11.7. The van der Waals surface area contributed by atoms with Gasteiger partial charge in [0.15, 0.2) is 11.5 Å². The molecule has 20 heavy (non-hydrogen) atoms. The van der Waals surface area contributed by atoms with Gasteiger partial charge in [-0.1, -0.05) is 12.1 Å². The first-order valence-electron chi connectivity index (χ1n) is 6.74. The highest BCUT2D eigenvalue weighted by Gasteiger charge is 2.20. The quantitative estimate of drug-likeness (QED) is 0.924. The first-order chi connectivity index (χ1) is 9.85. The van der Waals surface area contributed by atoms with Crippen molar-refractivity contribution in [3.63, 3.8) is 0 Å². The summed E-state index contributed by atoms with van der Waals surface area (Å²) in [5.74, 6) is 2.42. The molecule has 1 aliphatic rings. The molecule has 0 aliphatic carbocycles. The van der Waals surface area contributed by atoms with Crippen molar-refractivity contribution in [1.29, 1.82) is 0 Å². The normalized spacial score (nSPS) is 16.8. The molecule has 2 heterocycles. The summed E-state index contributed by atoms with van der Waals surface area (Å²) >= 11 is 0. The van der Waals surface area contributed by atoms with Gasteiger partial charge in [-0.3, -0.25) is 0 Å². The highest BCUT2D eigenvalue weighted by Crippen LogP contribution is 2.31. The summed E-state index contributed by atoms with van der Waals surface area (Å²) in [6.07, 6.45) is 1.76. The number of para-hydroxylation sites is 2. The maximum Gasteiger partial charge on any atom is 0.161 e. The predicted molar refractivity (Wildman–Crippen MR) is 76.3 cm³/mol. The van der Waals surface area contributed by atoms with Crippen LogP contribution in [0.1, 0.15) is 12.1 Å². The van der Waals surface area contributed by atoms with Crippen LogP contribution in [0.3, 0.4) is 0 Å². The average molecular weight is 271 g/mol. The Kier molecular flexibility index (Phi) is 3.67. The van der Waals surface area contributed by atoms with Gasteiger partial charge in [0.05, 0.1) is 5.69 Å². The number of fused-ring (bicyclic) bond motifs is 1. The lowest BCUT2D eigenvalue weighted by molar-refractivity contribution is 0.0849. The SMILES string of the molecule is CNc1ccc(CC[C@H]2COc3ccccc3O2)nn1. The molecule has 3 rings (SSSR count). The minimum absolute atomic E-state index is 0.0654. The Morgan fingerprint density at radius 3 is 2.75 bits per heavy atom. The fourth-order valence-electron chi connectivity index (χ4n) is 2.14. The van der Waals surface area contributed by atoms with Gasteiger partial charge in [-0.2, -0.15) is 5.10 Å². The average Bonchev–Trinajstić information content (AvgIpc) is 2.53. The molecule has 0 spiro atoms. The van der Waals surface area contributed by atoms with Crippen LogP contribution in [0.2, 0.25) is 0 Å². The molecule has 0 fully saturated rings. The topological polar surface area (TPSA) is 56.3 Å². The molecule has 1 atom stereocenters. The summed E-state index contributed by atoms with van der Waals surface area (Å²) in [4.78, 5) is 0. The Morgan fingerprint density at radius 1 is 1.15 bits per heavy atom. The van der Waals surface area contributed by atoms with Crippen LogP contribution >= 0.6 is 0 Å². The van der Waals surface area contributed by atoms with Crippen LogP contribution in [0.25, 0.3) is 0 Å². The first-order valence-corrected chi connectivity index (χ1v) is 6.74. The molecule has 104 valence electrons. The summed E-state index contributed by atoms with van der Waals surface area (Å²) in [5, 5.41) is 11.2. The molecule has 0 unspecified atom stereocenters. The van der Waals surface area contributed by atoms with Gasteiger partial charge in [0.2, 0.25) is 0 Å². The smallest absolute Gasteiger partial charge is 0.161 e. The van der Waals surface area contributed by atoms with E-state index in [1.807, 2.05) is 43.4 Å². The van der Waals surface area contributed by atoms with E-state index in [4.69, 9.17) is 9.47 Å². The molecule has 1 aromatic carbocycles. The maximum atomic E-state index is 5.91. The zero-order valence-electron chi connectivity index (χ0n) is 11.4. The Labute approximate surface area is 117 Å². The van der Waals surface area contributed by atoms with Gasteiger partial charge >= 0.3 is 0 Å². The third-order valence-corrected chi connectivity index (χ3v) is 3.27. The van der Waals surface area contributed by atoms with Crippen molar-refractivity contribution in [2.45, 2.75) is 18.9 Å².